The molecule has 1 aromatic rings. The van der Waals surface area contributed by atoms with Gasteiger partial charge in [0.15, 0.2) is 0 Å². The second kappa shape index (κ2) is 8.87. The first kappa shape index (κ1) is 17.0. The molecule has 2 aliphatic heterocycles. The molecule has 2 fully saturated rings. The number of piperidine rings is 2. The van der Waals surface area contributed by atoms with Gasteiger partial charge in [0.2, 0.25) is 0 Å². The second-order valence-electron chi connectivity index (χ2n) is 6.75. The lowest BCUT2D eigenvalue weighted by Crippen LogP contribution is -2.49. The first-order chi connectivity index (χ1) is 11.8. The normalized spacial score (nSPS) is 19.9. The van der Waals surface area contributed by atoms with Crippen LogP contribution < -0.4 is 15.5 Å². The van der Waals surface area contributed by atoms with E-state index in [1.807, 2.05) is 24.4 Å². The number of nitrogens with one attached hydrogen (secondary N) is 2. The lowest BCUT2D eigenvalue weighted by molar-refractivity contribution is 0.217. The zero-order chi connectivity index (χ0) is 16.6. The van der Waals surface area contributed by atoms with E-state index in [0.29, 0.717) is 0 Å². The number of amides is 2. The van der Waals surface area contributed by atoms with Gasteiger partial charge in [0, 0.05) is 38.4 Å². The van der Waals surface area contributed by atoms with Crippen molar-refractivity contribution in [3.05, 3.63) is 24.4 Å². The molecule has 2 amide bonds. The average Bonchev–Trinajstić information content (AvgIpc) is 2.64. The van der Waals surface area contributed by atoms with Gasteiger partial charge >= 0.3 is 6.03 Å². The molecule has 0 atom stereocenters. The average molecular weight is 331 g/mol. The maximum atomic E-state index is 12.0. The van der Waals surface area contributed by atoms with Crippen LogP contribution in [0.1, 0.15) is 32.1 Å². The van der Waals surface area contributed by atoms with Gasteiger partial charge in [-0.2, -0.15) is 0 Å². The Morgan fingerprint density at radius 2 is 1.92 bits per heavy atom. The van der Waals surface area contributed by atoms with Gasteiger partial charge in [-0.15, -0.1) is 0 Å². The molecule has 2 aliphatic rings. The number of likely N-dealkylation sites (tertiary alicyclic amines) is 1. The van der Waals surface area contributed by atoms with Gasteiger partial charge in [0.05, 0.1) is 0 Å². The van der Waals surface area contributed by atoms with E-state index in [2.05, 4.69) is 25.4 Å². The highest BCUT2D eigenvalue weighted by Crippen LogP contribution is 2.17. The van der Waals surface area contributed by atoms with Crippen LogP contribution >= 0.6 is 0 Å². The summed E-state index contributed by atoms with van der Waals surface area (Å²) in [6.07, 6.45) is 7.70. The quantitative estimate of drug-likeness (QED) is 0.864. The first-order valence-electron chi connectivity index (χ1n) is 9.24. The van der Waals surface area contributed by atoms with Crippen molar-refractivity contribution in [1.82, 2.24) is 20.5 Å². The number of carbonyl (C=O) groups excluding carboxylic acids is 1. The molecule has 0 aliphatic carbocycles. The number of hydrogen-bond acceptors (Lipinski definition) is 4. The van der Waals surface area contributed by atoms with Crippen molar-refractivity contribution in [3.63, 3.8) is 0 Å². The molecule has 2 N–H and O–H groups in total. The minimum atomic E-state index is -0.0247. The Morgan fingerprint density at radius 3 is 2.62 bits per heavy atom. The predicted octanol–water partition coefficient (Wildman–Crippen LogP) is 1.84. The molecule has 1 aromatic heterocycles. The maximum Gasteiger partial charge on any atom is 0.315 e. The van der Waals surface area contributed by atoms with Crippen molar-refractivity contribution in [2.24, 2.45) is 0 Å². The zero-order valence-electron chi connectivity index (χ0n) is 14.4. The summed E-state index contributed by atoms with van der Waals surface area (Å²) in [7, 11) is 0. The second-order valence-corrected chi connectivity index (χ2v) is 6.75. The van der Waals surface area contributed by atoms with Crippen LogP contribution in [0, 0.1) is 0 Å². The molecular formula is C18H29N5O. The van der Waals surface area contributed by atoms with E-state index in [0.717, 1.165) is 44.8 Å². The van der Waals surface area contributed by atoms with Gasteiger partial charge in [-0.3, -0.25) is 0 Å². The fourth-order valence-corrected chi connectivity index (χ4v) is 3.54. The molecule has 0 aromatic carbocycles. The van der Waals surface area contributed by atoms with Crippen LogP contribution in [0.5, 0.6) is 0 Å². The van der Waals surface area contributed by atoms with Gasteiger partial charge < -0.3 is 20.4 Å². The third-order valence-corrected chi connectivity index (χ3v) is 4.97. The van der Waals surface area contributed by atoms with Crippen molar-refractivity contribution >= 4 is 11.8 Å². The Morgan fingerprint density at radius 1 is 1.12 bits per heavy atom. The number of rotatable bonds is 5. The van der Waals surface area contributed by atoms with Crippen LogP contribution in [0.25, 0.3) is 0 Å². The fourth-order valence-electron chi connectivity index (χ4n) is 3.54. The molecule has 2 saturated heterocycles. The fraction of sp³-hybridized carbons (Fsp3) is 0.667. The minimum absolute atomic E-state index is 0.0247. The third kappa shape index (κ3) is 5.09. The molecule has 6 nitrogen and oxygen atoms in total. The smallest absolute Gasteiger partial charge is 0.315 e. The van der Waals surface area contributed by atoms with E-state index in [9.17, 15) is 4.79 Å². The summed E-state index contributed by atoms with van der Waals surface area (Å²) in [5.74, 6) is 1.03. The summed E-state index contributed by atoms with van der Waals surface area (Å²) in [6.45, 7) is 5.93. The highest BCUT2D eigenvalue weighted by atomic mass is 16.2. The van der Waals surface area contributed by atoms with Crippen molar-refractivity contribution in [2.75, 3.05) is 44.2 Å². The zero-order valence-corrected chi connectivity index (χ0v) is 14.4. The van der Waals surface area contributed by atoms with Crippen LogP contribution in [0.3, 0.4) is 0 Å². The summed E-state index contributed by atoms with van der Waals surface area (Å²) in [6, 6.07) is 6.23. The van der Waals surface area contributed by atoms with Crippen molar-refractivity contribution in [3.8, 4) is 0 Å². The number of hydrogen-bond donors (Lipinski definition) is 2. The van der Waals surface area contributed by atoms with E-state index in [1.54, 1.807) is 0 Å². The molecule has 0 spiro atoms. The largest absolute Gasteiger partial charge is 0.356 e. The Labute approximate surface area is 144 Å². The monoisotopic (exact) mass is 331 g/mol. The van der Waals surface area contributed by atoms with Crippen molar-refractivity contribution in [2.45, 2.75) is 38.1 Å². The lowest BCUT2D eigenvalue weighted by atomic mass is 10.1. The molecule has 24 heavy (non-hydrogen) atoms. The van der Waals surface area contributed by atoms with Crippen LogP contribution in [0.2, 0.25) is 0 Å². The molecule has 3 heterocycles. The number of aromatic nitrogens is 1. The van der Waals surface area contributed by atoms with Gasteiger partial charge in [0.1, 0.15) is 5.82 Å². The number of urea groups is 1. The maximum absolute atomic E-state index is 12.0. The van der Waals surface area contributed by atoms with E-state index >= 15 is 0 Å². The number of pyridine rings is 1. The molecule has 0 saturated carbocycles. The minimum Gasteiger partial charge on any atom is -0.356 e. The summed E-state index contributed by atoms with van der Waals surface area (Å²) in [5.41, 5.74) is 0. The molecule has 6 heteroatoms. The van der Waals surface area contributed by atoms with E-state index in [-0.39, 0.29) is 12.1 Å². The number of nitrogens with zero attached hydrogens (tertiary/aromatic N) is 3. The summed E-state index contributed by atoms with van der Waals surface area (Å²) in [4.78, 5) is 21.2. The number of anilines is 1. The molecule has 0 bridgehead atoms. The molecular weight excluding hydrogens is 302 g/mol. The van der Waals surface area contributed by atoms with Crippen LogP contribution in [-0.4, -0.2) is 61.2 Å². The molecule has 0 radical (unpaired) electrons. The van der Waals surface area contributed by atoms with Crippen LogP contribution in [-0.2, 0) is 0 Å². The Balaban J connectivity index is 1.31. The standard InChI is InChI=1S/C18H29N5O/c24-18(20-10-15-22-11-4-1-5-12-22)21-16-7-13-23(14-8-16)17-6-2-3-9-19-17/h2-3,6,9,16H,1,4-5,7-8,10-15H2,(H2,20,21,24). The summed E-state index contributed by atoms with van der Waals surface area (Å²) in [5, 5.41) is 6.12. The van der Waals surface area contributed by atoms with Gasteiger partial charge in [-0.05, 0) is 50.9 Å². The molecule has 0 unspecified atom stereocenters. The summed E-state index contributed by atoms with van der Waals surface area (Å²) >= 11 is 0. The van der Waals surface area contributed by atoms with Crippen molar-refractivity contribution < 1.29 is 4.79 Å². The van der Waals surface area contributed by atoms with Crippen LogP contribution in [0.4, 0.5) is 10.6 Å². The molecule has 3 rings (SSSR count). The third-order valence-electron chi connectivity index (χ3n) is 4.97. The first-order valence-corrected chi connectivity index (χ1v) is 9.24. The van der Waals surface area contributed by atoms with Gasteiger partial charge in [0.25, 0.3) is 0 Å². The number of carbonyl (C=O) groups is 1. The lowest BCUT2D eigenvalue weighted by Gasteiger charge is -2.33. The van der Waals surface area contributed by atoms with E-state index in [1.165, 1.54) is 32.4 Å². The SMILES string of the molecule is O=C(NCCN1CCCCC1)NC1CCN(c2ccccn2)CC1. The van der Waals surface area contributed by atoms with Crippen LogP contribution in [0.15, 0.2) is 24.4 Å². The highest BCUT2D eigenvalue weighted by Gasteiger charge is 2.21. The molecule has 132 valence electrons. The van der Waals surface area contributed by atoms with E-state index < -0.39 is 0 Å². The summed E-state index contributed by atoms with van der Waals surface area (Å²) < 4.78 is 0. The highest BCUT2D eigenvalue weighted by molar-refractivity contribution is 5.74. The predicted molar refractivity (Wildman–Crippen MR) is 96.3 cm³/mol. The Bertz CT molecular complexity index is 495. The Kier molecular flexibility index (Phi) is 6.29. The van der Waals surface area contributed by atoms with Gasteiger partial charge in [-0.1, -0.05) is 12.5 Å². The van der Waals surface area contributed by atoms with Crippen molar-refractivity contribution in [1.29, 1.82) is 0 Å². The topological polar surface area (TPSA) is 60.5 Å². The Hall–Kier alpha value is -1.82. The van der Waals surface area contributed by atoms with E-state index in [4.69, 9.17) is 0 Å². The van der Waals surface area contributed by atoms with Gasteiger partial charge in [-0.25, -0.2) is 9.78 Å².